The molecular formula is C22H25N3O6. The van der Waals surface area contributed by atoms with Crippen LogP contribution in [0.3, 0.4) is 0 Å². The maximum Gasteiger partial charge on any atom is 0.251 e. The summed E-state index contributed by atoms with van der Waals surface area (Å²) < 4.78 is 5.09. The van der Waals surface area contributed by atoms with Gasteiger partial charge in [0.05, 0.1) is 13.7 Å². The van der Waals surface area contributed by atoms with Crippen LogP contribution < -0.4 is 15.4 Å². The van der Waals surface area contributed by atoms with Gasteiger partial charge in [0.2, 0.25) is 5.91 Å². The minimum absolute atomic E-state index is 0.0262. The summed E-state index contributed by atoms with van der Waals surface area (Å²) in [7, 11) is 1.51. The van der Waals surface area contributed by atoms with E-state index in [1.807, 2.05) is 0 Å². The molecule has 2 amide bonds. The lowest BCUT2D eigenvalue weighted by Gasteiger charge is -2.06. The summed E-state index contributed by atoms with van der Waals surface area (Å²) in [5.41, 5.74) is 1.19. The Morgan fingerprint density at radius 2 is 1.74 bits per heavy atom. The summed E-state index contributed by atoms with van der Waals surface area (Å²) in [5.74, 6) is -0.284. The third-order valence-electron chi connectivity index (χ3n) is 4.24. The second-order valence-electron chi connectivity index (χ2n) is 6.47. The van der Waals surface area contributed by atoms with E-state index in [-0.39, 0.29) is 56.0 Å². The molecule has 0 aliphatic carbocycles. The number of ether oxygens (including phenoxy) is 1. The SMILES string of the molecule is COc1ccc(O)c(C=NCC(=O)c2ccc(C(=O)NCCC(=O)NCCO)cc2)c1. The third kappa shape index (κ3) is 7.56. The molecule has 0 saturated carbocycles. The van der Waals surface area contributed by atoms with Crippen LogP contribution in [0.2, 0.25) is 0 Å². The van der Waals surface area contributed by atoms with Gasteiger partial charge in [-0.3, -0.25) is 19.4 Å². The van der Waals surface area contributed by atoms with Crippen molar-refractivity contribution in [2.75, 3.05) is 33.4 Å². The fraction of sp³-hybridized carbons (Fsp3) is 0.273. The minimum atomic E-state index is -0.361. The van der Waals surface area contributed by atoms with Crippen LogP contribution in [0.15, 0.2) is 47.5 Å². The third-order valence-corrected chi connectivity index (χ3v) is 4.24. The van der Waals surface area contributed by atoms with Crippen molar-refractivity contribution in [3.8, 4) is 11.5 Å². The molecule has 0 aromatic heterocycles. The Morgan fingerprint density at radius 1 is 1.03 bits per heavy atom. The number of aromatic hydroxyl groups is 1. The van der Waals surface area contributed by atoms with E-state index in [4.69, 9.17) is 9.84 Å². The molecule has 0 aliphatic heterocycles. The van der Waals surface area contributed by atoms with Gasteiger partial charge in [0, 0.05) is 42.4 Å². The van der Waals surface area contributed by atoms with Gasteiger partial charge in [0.25, 0.3) is 5.91 Å². The Balaban J connectivity index is 1.86. The van der Waals surface area contributed by atoms with Crippen LogP contribution in [0.5, 0.6) is 11.5 Å². The van der Waals surface area contributed by atoms with Crippen LogP contribution in [0.1, 0.15) is 32.7 Å². The fourth-order valence-corrected chi connectivity index (χ4v) is 2.56. The van der Waals surface area contributed by atoms with E-state index in [1.54, 1.807) is 12.1 Å². The number of rotatable bonds is 11. The number of nitrogens with zero attached hydrogens (tertiary/aromatic N) is 1. The maximum atomic E-state index is 12.3. The second kappa shape index (κ2) is 12.1. The number of hydrogen-bond donors (Lipinski definition) is 4. The molecule has 9 heteroatoms. The van der Waals surface area contributed by atoms with Crippen LogP contribution in [-0.4, -0.2) is 67.4 Å². The quantitative estimate of drug-likeness (QED) is 0.311. The average Bonchev–Trinajstić information content (AvgIpc) is 2.78. The zero-order valence-corrected chi connectivity index (χ0v) is 17.1. The number of carbonyl (C=O) groups is 3. The number of carbonyl (C=O) groups excluding carboxylic acids is 3. The first-order chi connectivity index (χ1) is 14.9. The number of ketones is 1. The van der Waals surface area contributed by atoms with Gasteiger partial charge in [-0.25, -0.2) is 0 Å². The summed E-state index contributed by atoms with van der Waals surface area (Å²) in [6.07, 6.45) is 1.50. The summed E-state index contributed by atoms with van der Waals surface area (Å²) in [6, 6.07) is 10.8. The minimum Gasteiger partial charge on any atom is -0.507 e. The highest BCUT2D eigenvalue weighted by Gasteiger charge is 2.09. The summed E-state index contributed by atoms with van der Waals surface area (Å²) in [5, 5.41) is 23.6. The fourth-order valence-electron chi connectivity index (χ4n) is 2.56. The van der Waals surface area contributed by atoms with Crippen LogP contribution in [0.4, 0.5) is 0 Å². The number of aliphatic hydroxyl groups is 1. The lowest BCUT2D eigenvalue weighted by atomic mass is 10.1. The van der Waals surface area contributed by atoms with Crippen molar-refractivity contribution >= 4 is 23.8 Å². The lowest BCUT2D eigenvalue weighted by Crippen LogP contribution is -2.32. The molecule has 0 radical (unpaired) electrons. The maximum absolute atomic E-state index is 12.3. The number of nitrogens with one attached hydrogen (secondary N) is 2. The van der Waals surface area contributed by atoms with Crippen molar-refractivity contribution in [3.05, 3.63) is 59.2 Å². The summed E-state index contributed by atoms with van der Waals surface area (Å²) in [6.45, 7) is 0.0682. The van der Waals surface area contributed by atoms with Gasteiger partial charge in [0.1, 0.15) is 18.0 Å². The largest absolute Gasteiger partial charge is 0.507 e. The highest BCUT2D eigenvalue weighted by atomic mass is 16.5. The smallest absolute Gasteiger partial charge is 0.251 e. The van der Waals surface area contributed by atoms with E-state index in [2.05, 4.69) is 15.6 Å². The van der Waals surface area contributed by atoms with Crippen LogP contribution in [0.25, 0.3) is 0 Å². The van der Waals surface area contributed by atoms with E-state index in [0.29, 0.717) is 22.4 Å². The number of phenolic OH excluding ortho intramolecular Hbond substituents is 1. The molecule has 0 saturated heterocycles. The molecule has 2 aromatic rings. The molecule has 164 valence electrons. The molecule has 0 unspecified atom stereocenters. The second-order valence-corrected chi connectivity index (χ2v) is 6.47. The zero-order valence-electron chi connectivity index (χ0n) is 17.1. The molecule has 4 N–H and O–H groups in total. The molecule has 9 nitrogen and oxygen atoms in total. The van der Waals surface area contributed by atoms with E-state index in [1.165, 1.54) is 43.7 Å². The molecule has 2 rings (SSSR count). The van der Waals surface area contributed by atoms with E-state index >= 15 is 0 Å². The first-order valence-corrected chi connectivity index (χ1v) is 9.60. The van der Waals surface area contributed by atoms with Crippen LogP contribution in [0, 0.1) is 0 Å². The van der Waals surface area contributed by atoms with Gasteiger partial charge in [-0.05, 0) is 30.3 Å². The number of methoxy groups -OCH3 is 1. The van der Waals surface area contributed by atoms with E-state index < -0.39 is 0 Å². The Morgan fingerprint density at radius 3 is 2.42 bits per heavy atom. The van der Waals surface area contributed by atoms with Crippen molar-refractivity contribution in [3.63, 3.8) is 0 Å². The summed E-state index contributed by atoms with van der Waals surface area (Å²) in [4.78, 5) is 39.9. The van der Waals surface area contributed by atoms with Gasteiger partial charge in [0.15, 0.2) is 5.78 Å². The first kappa shape index (κ1) is 23.6. The molecule has 31 heavy (non-hydrogen) atoms. The molecule has 0 spiro atoms. The predicted molar refractivity (Wildman–Crippen MR) is 115 cm³/mol. The summed E-state index contributed by atoms with van der Waals surface area (Å²) >= 11 is 0. The van der Waals surface area contributed by atoms with E-state index in [0.717, 1.165) is 0 Å². The number of aliphatic hydroxyl groups excluding tert-OH is 1. The Hall–Kier alpha value is -3.72. The highest BCUT2D eigenvalue weighted by Crippen LogP contribution is 2.21. The number of benzene rings is 2. The van der Waals surface area contributed by atoms with Crippen molar-refractivity contribution in [1.29, 1.82) is 0 Å². The molecule has 0 fully saturated rings. The Bertz CT molecular complexity index is 941. The van der Waals surface area contributed by atoms with Crippen molar-refractivity contribution < 1.29 is 29.3 Å². The Labute approximate surface area is 179 Å². The van der Waals surface area contributed by atoms with E-state index in [9.17, 15) is 19.5 Å². The molecule has 0 bridgehead atoms. The topological polar surface area (TPSA) is 137 Å². The van der Waals surface area contributed by atoms with Crippen molar-refractivity contribution in [2.24, 2.45) is 4.99 Å². The lowest BCUT2D eigenvalue weighted by molar-refractivity contribution is -0.121. The monoisotopic (exact) mass is 427 g/mol. The average molecular weight is 427 g/mol. The van der Waals surface area contributed by atoms with Gasteiger partial charge in [-0.15, -0.1) is 0 Å². The van der Waals surface area contributed by atoms with Gasteiger partial charge in [-0.2, -0.15) is 0 Å². The molecular weight excluding hydrogens is 402 g/mol. The predicted octanol–water partition coefficient (Wildman–Crippen LogP) is 0.931. The number of Topliss-reactive ketones (excluding diaryl/α,β-unsaturated/α-hetero) is 1. The normalized spacial score (nSPS) is 10.6. The molecule has 0 aliphatic rings. The van der Waals surface area contributed by atoms with Gasteiger partial charge in [-0.1, -0.05) is 12.1 Å². The zero-order chi connectivity index (χ0) is 22.6. The standard InChI is InChI=1S/C22H25N3O6/c1-31-18-6-7-19(27)17(12-18)13-23-14-20(28)15-2-4-16(5-3-15)22(30)25-9-8-21(29)24-10-11-26/h2-7,12-13,26-27H,8-11,14H2,1H3,(H,24,29)(H,25,30). The molecule has 0 atom stereocenters. The Kier molecular flexibility index (Phi) is 9.18. The van der Waals surface area contributed by atoms with Crippen LogP contribution >= 0.6 is 0 Å². The van der Waals surface area contributed by atoms with Crippen molar-refractivity contribution in [2.45, 2.75) is 6.42 Å². The molecule has 2 aromatic carbocycles. The highest BCUT2D eigenvalue weighted by molar-refractivity contribution is 6.00. The number of amides is 2. The molecule has 0 heterocycles. The van der Waals surface area contributed by atoms with Gasteiger partial charge >= 0.3 is 0 Å². The number of hydrogen-bond acceptors (Lipinski definition) is 7. The number of phenols is 1. The van der Waals surface area contributed by atoms with Crippen molar-refractivity contribution in [1.82, 2.24) is 10.6 Å². The first-order valence-electron chi connectivity index (χ1n) is 9.60. The number of aliphatic imine (C=N–C) groups is 1. The van der Waals surface area contributed by atoms with Gasteiger partial charge < -0.3 is 25.6 Å². The van der Waals surface area contributed by atoms with Crippen LogP contribution in [-0.2, 0) is 4.79 Å².